The molecule has 1 fully saturated rings. The first kappa shape index (κ1) is 21.7. The van der Waals surface area contributed by atoms with Crippen LogP contribution in [0.3, 0.4) is 0 Å². The summed E-state index contributed by atoms with van der Waals surface area (Å²) in [4.78, 5) is 15.2. The number of carbonyl (C=O) groups excluding carboxylic acids is 1. The van der Waals surface area contributed by atoms with Gasteiger partial charge in [0.2, 0.25) is 0 Å². The van der Waals surface area contributed by atoms with Crippen LogP contribution < -0.4 is 15.0 Å². The Morgan fingerprint density at radius 2 is 1.87 bits per heavy atom. The maximum Gasteiger partial charge on any atom is 0.261 e. The van der Waals surface area contributed by atoms with Gasteiger partial charge in [0.1, 0.15) is 5.75 Å². The molecule has 0 bridgehead atoms. The summed E-state index contributed by atoms with van der Waals surface area (Å²) >= 11 is 0. The fourth-order valence-corrected chi connectivity index (χ4v) is 4.82. The number of carbonyl (C=O) groups is 1. The Labute approximate surface area is 187 Å². The van der Waals surface area contributed by atoms with Gasteiger partial charge in [0.15, 0.2) is 6.10 Å². The van der Waals surface area contributed by atoms with Crippen molar-refractivity contribution in [2.45, 2.75) is 71.4 Å². The second kappa shape index (κ2) is 10.2. The van der Waals surface area contributed by atoms with Gasteiger partial charge in [-0.15, -0.1) is 0 Å². The van der Waals surface area contributed by atoms with Crippen molar-refractivity contribution in [1.82, 2.24) is 5.32 Å². The van der Waals surface area contributed by atoms with Crippen molar-refractivity contribution < 1.29 is 9.53 Å². The van der Waals surface area contributed by atoms with Crippen LogP contribution in [0.2, 0.25) is 0 Å². The van der Waals surface area contributed by atoms with Crippen LogP contribution in [0, 0.1) is 5.92 Å². The van der Waals surface area contributed by atoms with Gasteiger partial charge < -0.3 is 15.0 Å². The Morgan fingerprint density at radius 3 is 2.61 bits per heavy atom. The molecular formula is C27H36N2O2. The van der Waals surface area contributed by atoms with Gasteiger partial charge in [0.25, 0.3) is 5.91 Å². The van der Waals surface area contributed by atoms with Crippen molar-refractivity contribution in [3.63, 3.8) is 0 Å². The van der Waals surface area contributed by atoms with E-state index in [1.54, 1.807) is 0 Å². The van der Waals surface area contributed by atoms with Gasteiger partial charge in [-0.1, -0.05) is 32.0 Å². The molecule has 4 rings (SSSR count). The number of piperidine rings is 1. The molecule has 2 atom stereocenters. The molecule has 0 radical (unpaired) electrons. The van der Waals surface area contributed by atoms with E-state index in [2.05, 4.69) is 53.5 Å². The van der Waals surface area contributed by atoms with Gasteiger partial charge in [0, 0.05) is 25.3 Å². The second-order valence-electron chi connectivity index (χ2n) is 9.23. The number of hydrogen-bond acceptors (Lipinski definition) is 3. The highest BCUT2D eigenvalue weighted by atomic mass is 16.5. The summed E-state index contributed by atoms with van der Waals surface area (Å²) in [6.07, 6.45) is 7.55. The van der Waals surface area contributed by atoms with Crippen molar-refractivity contribution in [1.29, 1.82) is 0 Å². The number of rotatable bonds is 7. The van der Waals surface area contributed by atoms with E-state index < -0.39 is 6.10 Å². The third-order valence-corrected chi connectivity index (χ3v) is 6.69. The van der Waals surface area contributed by atoms with Crippen molar-refractivity contribution in [2.75, 3.05) is 18.0 Å². The zero-order chi connectivity index (χ0) is 21.6. The van der Waals surface area contributed by atoms with Crippen LogP contribution in [0.1, 0.15) is 62.6 Å². The molecule has 1 aliphatic carbocycles. The van der Waals surface area contributed by atoms with Crippen molar-refractivity contribution in [2.24, 2.45) is 5.92 Å². The average molecular weight is 421 g/mol. The van der Waals surface area contributed by atoms with Crippen LogP contribution >= 0.6 is 0 Å². The third-order valence-electron chi connectivity index (χ3n) is 6.69. The molecule has 1 aliphatic heterocycles. The topological polar surface area (TPSA) is 41.6 Å². The van der Waals surface area contributed by atoms with E-state index in [1.165, 1.54) is 42.5 Å². The zero-order valence-corrected chi connectivity index (χ0v) is 19.0. The van der Waals surface area contributed by atoms with E-state index in [-0.39, 0.29) is 5.91 Å². The summed E-state index contributed by atoms with van der Waals surface area (Å²) in [6, 6.07) is 14.9. The first-order valence-corrected chi connectivity index (χ1v) is 12.0. The van der Waals surface area contributed by atoms with Crippen LogP contribution in [0.15, 0.2) is 42.5 Å². The van der Waals surface area contributed by atoms with Crippen LogP contribution in [0.25, 0.3) is 0 Å². The number of aryl methyl sites for hydroxylation is 2. The van der Waals surface area contributed by atoms with Crippen LogP contribution in [-0.2, 0) is 24.2 Å². The smallest absolute Gasteiger partial charge is 0.261 e. The van der Waals surface area contributed by atoms with Crippen molar-refractivity contribution in [3.8, 4) is 5.75 Å². The highest BCUT2D eigenvalue weighted by molar-refractivity contribution is 5.81. The summed E-state index contributed by atoms with van der Waals surface area (Å²) in [5.41, 5.74) is 5.20. The molecular weight excluding hydrogens is 384 g/mol. The van der Waals surface area contributed by atoms with Crippen molar-refractivity contribution in [3.05, 3.63) is 59.2 Å². The van der Waals surface area contributed by atoms with E-state index in [0.29, 0.717) is 13.0 Å². The number of amides is 1. The molecule has 166 valence electrons. The first-order valence-electron chi connectivity index (χ1n) is 12.0. The van der Waals surface area contributed by atoms with E-state index >= 15 is 0 Å². The molecule has 4 nitrogen and oxygen atoms in total. The largest absolute Gasteiger partial charge is 0.481 e. The predicted octanol–water partition coefficient (Wildman–Crippen LogP) is 5.28. The fraction of sp³-hybridized carbons (Fsp3) is 0.519. The SMILES string of the molecule is CC[C@H](Oc1ccc2c(c1)CCCC2)C(=O)NCc1ccc(N2CCC[C@H](C)C2)cc1. The molecule has 0 saturated carbocycles. The number of hydrogen-bond donors (Lipinski definition) is 1. The summed E-state index contributed by atoms with van der Waals surface area (Å²) < 4.78 is 6.07. The van der Waals surface area contributed by atoms with E-state index in [0.717, 1.165) is 43.2 Å². The molecule has 1 amide bonds. The number of fused-ring (bicyclic) bond motifs is 1. The monoisotopic (exact) mass is 420 g/mol. The van der Waals surface area contributed by atoms with Crippen LogP contribution in [-0.4, -0.2) is 25.1 Å². The zero-order valence-electron chi connectivity index (χ0n) is 19.0. The molecule has 1 heterocycles. The summed E-state index contributed by atoms with van der Waals surface area (Å²) in [7, 11) is 0. The number of ether oxygens (including phenoxy) is 1. The molecule has 2 aliphatic rings. The highest BCUT2D eigenvalue weighted by Crippen LogP contribution is 2.26. The lowest BCUT2D eigenvalue weighted by molar-refractivity contribution is -0.128. The molecule has 0 spiro atoms. The van der Waals surface area contributed by atoms with Gasteiger partial charge in [-0.3, -0.25) is 4.79 Å². The Morgan fingerprint density at radius 1 is 1.10 bits per heavy atom. The highest BCUT2D eigenvalue weighted by Gasteiger charge is 2.20. The second-order valence-corrected chi connectivity index (χ2v) is 9.23. The van der Waals surface area contributed by atoms with E-state index in [4.69, 9.17) is 4.74 Å². The normalized spacial score (nSPS) is 19.4. The summed E-state index contributed by atoms with van der Waals surface area (Å²) in [6.45, 7) is 7.12. The molecule has 0 unspecified atom stereocenters. The van der Waals surface area contributed by atoms with Crippen LogP contribution in [0.4, 0.5) is 5.69 Å². The lowest BCUT2D eigenvalue weighted by Gasteiger charge is -2.32. The first-order chi connectivity index (χ1) is 15.1. The number of nitrogens with one attached hydrogen (secondary N) is 1. The maximum absolute atomic E-state index is 12.7. The molecule has 0 aromatic heterocycles. The predicted molar refractivity (Wildman–Crippen MR) is 127 cm³/mol. The number of benzene rings is 2. The lowest BCUT2D eigenvalue weighted by atomic mass is 9.92. The van der Waals surface area contributed by atoms with E-state index in [9.17, 15) is 4.79 Å². The standard InChI is InChI=1S/C27H36N2O2/c1-3-26(31-25-15-12-22-8-4-5-9-23(22)17-25)27(30)28-18-21-10-13-24(14-11-21)29-16-6-7-20(2)19-29/h10-15,17,20,26H,3-9,16,18-19H2,1-2H3,(H,28,30)/t20-,26-/m0/s1. The van der Waals surface area contributed by atoms with Gasteiger partial charge in [0.05, 0.1) is 0 Å². The lowest BCUT2D eigenvalue weighted by Crippen LogP contribution is -2.37. The summed E-state index contributed by atoms with van der Waals surface area (Å²) in [5, 5.41) is 3.06. The van der Waals surface area contributed by atoms with Gasteiger partial charge in [-0.05, 0) is 91.8 Å². The molecule has 1 N–H and O–H groups in total. The maximum atomic E-state index is 12.7. The minimum atomic E-state index is -0.462. The molecule has 2 aromatic rings. The van der Waals surface area contributed by atoms with Gasteiger partial charge >= 0.3 is 0 Å². The average Bonchev–Trinajstić information content (AvgIpc) is 2.81. The molecule has 4 heteroatoms. The Bertz CT molecular complexity index is 877. The Kier molecular flexibility index (Phi) is 7.16. The van der Waals surface area contributed by atoms with Gasteiger partial charge in [-0.25, -0.2) is 0 Å². The van der Waals surface area contributed by atoms with Crippen LogP contribution in [0.5, 0.6) is 5.75 Å². The fourth-order valence-electron chi connectivity index (χ4n) is 4.82. The minimum Gasteiger partial charge on any atom is -0.481 e. The third kappa shape index (κ3) is 5.61. The molecule has 31 heavy (non-hydrogen) atoms. The number of anilines is 1. The minimum absolute atomic E-state index is 0.0471. The number of nitrogens with zero attached hydrogens (tertiary/aromatic N) is 1. The van der Waals surface area contributed by atoms with Gasteiger partial charge in [-0.2, -0.15) is 0 Å². The van der Waals surface area contributed by atoms with E-state index in [1.807, 2.05) is 13.0 Å². The molecule has 1 saturated heterocycles. The quantitative estimate of drug-likeness (QED) is 0.663. The van der Waals surface area contributed by atoms with Crippen molar-refractivity contribution >= 4 is 11.6 Å². The Hall–Kier alpha value is -2.49. The summed E-state index contributed by atoms with van der Waals surface area (Å²) in [5.74, 6) is 1.52. The molecule has 2 aromatic carbocycles. The Balaban J connectivity index is 1.30.